The lowest BCUT2D eigenvalue weighted by Crippen LogP contribution is -2.29. The molecule has 1 aromatic heterocycles. The summed E-state index contributed by atoms with van der Waals surface area (Å²) in [5.41, 5.74) is 2.08. The third-order valence-electron chi connectivity index (χ3n) is 3.91. The third-order valence-corrected chi connectivity index (χ3v) is 3.91. The predicted octanol–water partition coefficient (Wildman–Crippen LogP) is 1.90. The Morgan fingerprint density at radius 3 is 3.05 bits per heavy atom. The number of furan rings is 1. The van der Waals surface area contributed by atoms with Gasteiger partial charge in [0.25, 0.3) is 0 Å². The molecule has 1 aromatic rings. The summed E-state index contributed by atoms with van der Waals surface area (Å²) in [4.78, 5) is 13.7. The van der Waals surface area contributed by atoms with E-state index in [1.165, 1.54) is 25.7 Å². The molecule has 2 heterocycles. The standard InChI is InChI=1S/C14H23N3O2/c1-2-11-4-3-8-17(9-7-11)10-12-5-6-13(19-12)14(18)16-15/h5-6,11H,2-4,7-10,15H2,1H3,(H,16,18). The Bertz CT molecular complexity index is 417. The van der Waals surface area contributed by atoms with Crippen LogP contribution < -0.4 is 11.3 Å². The zero-order valence-corrected chi connectivity index (χ0v) is 11.5. The van der Waals surface area contributed by atoms with Gasteiger partial charge >= 0.3 is 5.91 Å². The fraction of sp³-hybridized carbons (Fsp3) is 0.643. The van der Waals surface area contributed by atoms with E-state index in [0.717, 1.165) is 31.3 Å². The van der Waals surface area contributed by atoms with Gasteiger partial charge in [-0.25, -0.2) is 5.84 Å². The lowest BCUT2D eigenvalue weighted by Gasteiger charge is -2.18. The molecule has 0 aliphatic carbocycles. The number of nitrogens with one attached hydrogen (secondary N) is 1. The van der Waals surface area contributed by atoms with Crippen molar-refractivity contribution in [1.29, 1.82) is 0 Å². The number of carbonyl (C=O) groups is 1. The number of rotatable bonds is 4. The number of nitrogens with zero attached hydrogens (tertiary/aromatic N) is 1. The summed E-state index contributed by atoms with van der Waals surface area (Å²) in [6, 6.07) is 3.52. The summed E-state index contributed by atoms with van der Waals surface area (Å²) in [5, 5.41) is 0. The van der Waals surface area contributed by atoms with E-state index in [-0.39, 0.29) is 11.7 Å². The molecule has 0 radical (unpaired) electrons. The van der Waals surface area contributed by atoms with Crippen molar-refractivity contribution in [2.24, 2.45) is 11.8 Å². The average Bonchev–Trinajstić information content (AvgIpc) is 2.77. The van der Waals surface area contributed by atoms with Crippen molar-refractivity contribution >= 4 is 5.91 Å². The summed E-state index contributed by atoms with van der Waals surface area (Å²) < 4.78 is 5.50. The van der Waals surface area contributed by atoms with Crippen LogP contribution in [0.2, 0.25) is 0 Å². The first-order chi connectivity index (χ1) is 9.22. The summed E-state index contributed by atoms with van der Waals surface area (Å²) >= 11 is 0. The number of amides is 1. The number of hydrazine groups is 1. The first-order valence-electron chi connectivity index (χ1n) is 7.05. The van der Waals surface area contributed by atoms with Crippen molar-refractivity contribution in [3.63, 3.8) is 0 Å². The molecule has 5 nitrogen and oxygen atoms in total. The molecule has 3 N–H and O–H groups in total. The summed E-state index contributed by atoms with van der Waals surface area (Å²) in [5.74, 6) is 6.66. The molecule has 2 rings (SSSR count). The molecule has 0 spiro atoms. The van der Waals surface area contributed by atoms with Crippen LogP contribution >= 0.6 is 0 Å². The predicted molar refractivity (Wildman–Crippen MR) is 73.3 cm³/mol. The molecule has 5 heteroatoms. The van der Waals surface area contributed by atoms with Gasteiger partial charge in [-0.1, -0.05) is 13.3 Å². The van der Waals surface area contributed by atoms with Crippen molar-refractivity contribution in [3.8, 4) is 0 Å². The lowest BCUT2D eigenvalue weighted by molar-refractivity contribution is 0.0922. The van der Waals surface area contributed by atoms with Gasteiger partial charge in [0, 0.05) is 0 Å². The Hall–Kier alpha value is -1.33. The van der Waals surface area contributed by atoms with Crippen molar-refractivity contribution in [2.45, 2.75) is 39.2 Å². The number of likely N-dealkylation sites (tertiary alicyclic amines) is 1. The molecule has 19 heavy (non-hydrogen) atoms. The first-order valence-corrected chi connectivity index (χ1v) is 7.05. The molecule has 1 fully saturated rings. The zero-order valence-electron chi connectivity index (χ0n) is 11.5. The Morgan fingerprint density at radius 2 is 2.32 bits per heavy atom. The van der Waals surface area contributed by atoms with E-state index in [1.807, 2.05) is 6.07 Å². The smallest absolute Gasteiger partial charge is 0.300 e. The molecule has 0 saturated carbocycles. The van der Waals surface area contributed by atoms with Gasteiger partial charge in [0.2, 0.25) is 0 Å². The minimum atomic E-state index is -0.381. The molecule has 1 aliphatic rings. The largest absolute Gasteiger partial charge is 0.455 e. The summed E-state index contributed by atoms with van der Waals surface area (Å²) in [7, 11) is 0. The fourth-order valence-corrected chi connectivity index (χ4v) is 2.67. The van der Waals surface area contributed by atoms with Gasteiger partial charge in [-0.15, -0.1) is 0 Å². The Labute approximate surface area is 114 Å². The van der Waals surface area contributed by atoms with Gasteiger partial charge in [-0.2, -0.15) is 0 Å². The monoisotopic (exact) mass is 265 g/mol. The normalized spacial score (nSPS) is 21.1. The van der Waals surface area contributed by atoms with Gasteiger partial charge in [0.15, 0.2) is 5.76 Å². The molecule has 1 unspecified atom stereocenters. The van der Waals surface area contributed by atoms with E-state index >= 15 is 0 Å². The number of nitrogen functional groups attached to an aromatic ring is 1. The maximum atomic E-state index is 11.3. The second-order valence-corrected chi connectivity index (χ2v) is 5.22. The highest BCUT2D eigenvalue weighted by molar-refractivity contribution is 5.90. The Kier molecular flexibility index (Phi) is 4.99. The molecule has 106 valence electrons. The number of carbonyl (C=O) groups excluding carboxylic acids is 1. The van der Waals surface area contributed by atoms with E-state index in [4.69, 9.17) is 10.3 Å². The van der Waals surface area contributed by atoms with Gasteiger partial charge in [0.05, 0.1) is 6.54 Å². The quantitative estimate of drug-likeness (QED) is 0.495. The van der Waals surface area contributed by atoms with Crippen LogP contribution in [-0.4, -0.2) is 23.9 Å². The van der Waals surface area contributed by atoms with Crippen molar-refractivity contribution in [1.82, 2.24) is 10.3 Å². The molecule has 1 amide bonds. The van der Waals surface area contributed by atoms with Crippen LogP contribution in [0, 0.1) is 5.92 Å². The molecule has 0 aromatic carbocycles. The van der Waals surface area contributed by atoms with Crippen LogP contribution in [0.25, 0.3) is 0 Å². The number of hydrogen-bond acceptors (Lipinski definition) is 4. The molecule has 0 bridgehead atoms. The lowest BCUT2D eigenvalue weighted by atomic mass is 9.98. The Morgan fingerprint density at radius 1 is 1.47 bits per heavy atom. The Balaban J connectivity index is 1.90. The average molecular weight is 265 g/mol. The number of nitrogens with two attached hydrogens (primary N) is 1. The maximum Gasteiger partial charge on any atom is 0.300 e. The van der Waals surface area contributed by atoms with Gasteiger partial charge < -0.3 is 4.42 Å². The molecular weight excluding hydrogens is 242 g/mol. The van der Waals surface area contributed by atoms with Crippen LogP contribution in [0.1, 0.15) is 48.9 Å². The van der Waals surface area contributed by atoms with Crippen LogP contribution in [-0.2, 0) is 6.54 Å². The molecule has 1 aliphatic heterocycles. The molecular formula is C14H23N3O2. The van der Waals surface area contributed by atoms with Gasteiger partial charge in [0.1, 0.15) is 5.76 Å². The fourth-order valence-electron chi connectivity index (χ4n) is 2.67. The maximum absolute atomic E-state index is 11.3. The summed E-state index contributed by atoms with van der Waals surface area (Å²) in [6.45, 7) is 5.26. The van der Waals surface area contributed by atoms with Crippen LogP contribution in [0.15, 0.2) is 16.5 Å². The second kappa shape index (κ2) is 6.73. The van der Waals surface area contributed by atoms with Crippen molar-refractivity contribution < 1.29 is 9.21 Å². The van der Waals surface area contributed by atoms with Crippen molar-refractivity contribution in [2.75, 3.05) is 13.1 Å². The van der Waals surface area contributed by atoms with E-state index in [1.54, 1.807) is 6.07 Å². The molecule has 1 saturated heterocycles. The third kappa shape index (κ3) is 3.81. The topological polar surface area (TPSA) is 71.5 Å². The minimum absolute atomic E-state index is 0.277. The van der Waals surface area contributed by atoms with E-state index in [2.05, 4.69) is 17.2 Å². The van der Waals surface area contributed by atoms with Crippen LogP contribution in [0.3, 0.4) is 0 Å². The highest BCUT2D eigenvalue weighted by Gasteiger charge is 2.17. The summed E-state index contributed by atoms with van der Waals surface area (Å²) in [6.07, 6.45) is 5.10. The minimum Gasteiger partial charge on any atom is -0.455 e. The second-order valence-electron chi connectivity index (χ2n) is 5.22. The van der Waals surface area contributed by atoms with Crippen LogP contribution in [0.4, 0.5) is 0 Å². The van der Waals surface area contributed by atoms with Crippen molar-refractivity contribution in [3.05, 3.63) is 23.7 Å². The van der Waals surface area contributed by atoms with Crippen LogP contribution in [0.5, 0.6) is 0 Å². The molecule has 1 atom stereocenters. The van der Waals surface area contributed by atoms with Gasteiger partial charge in [-0.05, 0) is 50.4 Å². The van der Waals surface area contributed by atoms with E-state index in [0.29, 0.717) is 0 Å². The van der Waals surface area contributed by atoms with E-state index < -0.39 is 0 Å². The highest BCUT2D eigenvalue weighted by atomic mass is 16.4. The number of hydrogen-bond donors (Lipinski definition) is 2. The van der Waals surface area contributed by atoms with E-state index in [9.17, 15) is 4.79 Å². The highest BCUT2D eigenvalue weighted by Crippen LogP contribution is 2.21. The van der Waals surface area contributed by atoms with Gasteiger partial charge in [-0.3, -0.25) is 15.1 Å². The SMILES string of the molecule is CCC1CCCN(Cc2ccc(C(=O)NN)o2)CC1. The first kappa shape index (κ1) is 14.1. The zero-order chi connectivity index (χ0) is 13.7.